The van der Waals surface area contributed by atoms with E-state index in [2.05, 4.69) is 5.32 Å². The van der Waals surface area contributed by atoms with Crippen LogP contribution in [0.5, 0.6) is 0 Å². The maximum absolute atomic E-state index is 12.0. The molecule has 6 nitrogen and oxygen atoms in total. The van der Waals surface area contributed by atoms with E-state index < -0.39 is 21.8 Å². The second-order valence-electron chi connectivity index (χ2n) is 6.24. The van der Waals surface area contributed by atoms with Gasteiger partial charge in [0.25, 0.3) is 0 Å². The molecule has 26 heavy (non-hydrogen) atoms. The molecular weight excluding hydrogens is 365 g/mol. The van der Waals surface area contributed by atoms with Crippen molar-refractivity contribution in [3.8, 4) is 0 Å². The molecule has 8 heteroatoms. The van der Waals surface area contributed by atoms with Crippen molar-refractivity contribution in [3.63, 3.8) is 0 Å². The number of ketones is 1. The van der Waals surface area contributed by atoms with Gasteiger partial charge in [-0.25, -0.2) is 8.42 Å². The molecule has 1 aromatic rings. The van der Waals surface area contributed by atoms with Crippen molar-refractivity contribution < 1.29 is 52.1 Å². The molecular formula is C18H22NNaO5S. The number of allylic oxidation sites excluding steroid dienone is 1. The zero-order valence-corrected chi connectivity index (χ0v) is 18.0. The molecule has 0 bridgehead atoms. The molecule has 1 aliphatic carbocycles. The van der Waals surface area contributed by atoms with Gasteiger partial charge in [0.15, 0.2) is 5.78 Å². The number of hydrogen-bond acceptors (Lipinski definition) is 5. The van der Waals surface area contributed by atoms with Crippen molar-refractivity contribution in [3.05, 3.63) is 41.0 Å². The summed E-state index contributed by atoms with van der Waals surface area (Å²) in [5.74, 6) is -1.22. The first kappa shape index (κ1) is 23.0. The standard InChI is InChI=1S/C18H23NO5S.Na/c1-13(18(21)19-10-11-25(22,23)24)15-8-6-14(7-9-15)12-16-4-2-3-5-17(16)20;/h6-9,12-13H,2-5,10-11H2,1H3,(H,19,21)(H,22,23,24);/q;+1/p-1/t13-;/m1./s1. The molecule has 1 amide bonds. The van der Waals surface area contributed by atoms with E-state index in [0.29, 0.717) is 6.42 Å². The molecule has 0 spiro atoms. The number of hydrogen-bond donors (Lipinski definition) is 1. The summed E-state index contributed by atoms with van der Waals surface area (Å²) >= 11 is 0. The third-order valence-corrected chi connectivity index (χ3v) is 4.98. The van der Waals surface area contributed by atoms with Gasteiger partial charge in [0.1, 0.15) is 0 Å². The molecule has 1 fully saturated rings. The maximum atomic E-state index is 12.0. The van der Waals surface area contributed by atoms with Crippen molar-refractivity contribution in [1.29, 1.82) is 0 Å². The van der Waals surface area contributed by atoms with E-state index in [9.17, 15) is 22.6 Å². The summed E-state index contributed by atoms with van der Waals surface area (Å²) in [5.41, 5.74) is 2.54. The van der Waals surface area contributed by atoms with Crippen LogP contribution >= 0.6 is 0 Å². The van der Waals surface area contributed by atoms with Crippen LogP contribution < -0.4 is 34.9 Å². The SMILES string of the molecule is C[C@@H](C(=O)NCCS(=O)(=O)[O-])c1ccc(C=C2CCCCC2=O)cc1.[Na+]. The number of benzene rings is 1. The van der Waals surface area contributed by atoms with E-state index in [1.807, 2.05) is 30.3 Å². The van der Waals surface area contributed by atoms with Gasteiger partial charge in [-0.05, 0) is 49.0 Å². The van der Waals surface area contributed by atoms with Crippen LogP contribution in [0, 0.1) is 0 Å². The topological polar surface area (TPSA) is 103 Å². The molecule has 0 saturated heterocycles. The fourth-order valence-electron chi connectivity index (χ4n) is 2.74. The molecule has 0 radical (unpaired) electrons. The summed E-state index contributed by atoms with van der Waals surface area (Å²) < 4.78 is 31.6. The van der Waals surface area contributed by atoms with Crippen LogP contribution in [-0.4, -0.2) is 37.0 Å². The van der Waals surface area contributed by atoms with Gasteiger partial charge in [-0.1, -0.05) is 24.3 Å². The van der Waals surface area contributed by atoms with Crippen molar-refractivity contribution >= 4 is 27.9 Å². The minimum atomic E-state index is -4.33. The predicted molar refractivity (Wildman–Crippen MR) is 93.9 cm³/mol. The molecule has 1 N–H and O–H groups in total. The summed E-state index contributed by atoms with van der Waals surface area (Å²) in [6.45, 7) is 1.51. The predicted octanol–water partition coefficient (Wildman–Crippen LogP) is -1.02. The number of carbonyl (C=O) groups is 2. The van der Waals surface area contributed by atoms with Gasteiger partial charge in [0.2, 0.25) is 5.91 Å². The van der Waals surface area contributed by atoms with Gasteiger partial charge in [-0.15, -0.1) is 0 Å². The molecule has 1 aliphatic rings. The second kappa shape index (κ2) is 10.4. The van der Waals surface area contributed by atoms with E-state index in [1.165, 1.54) is 0 Å². The Morgan fingerprint density at radius 3 is 2.42 bits per heavy atom. The molecule has 1 aromatic carbocycles. The van der Waals surface area contributed by atoms with E-state index >= 15 is 0 Å². The third kappa shape index (κ3) is 7.32. The van der Waals surface area contributed by atoms with Gasteiger partial charge in [0, 0.05) is 13.0 Å². The Morgan fingerprint density at radius 1 is 1.23 bits per heavy atom. The van der Waals surface area contributed by atoms with Crippen LogP contribution in [-0.2, 0) is 19.7 Å². The zero-order valence-electron chi connectivity index (χ0n) is 15.2. The molecule has 0 aromatic heterocycles. The molecule has 1 saturated carbocycles. The van der Waals surface area contributed by atoms with Crippen molar-refractivity contribution in [2.75, 3.05) is 12.3 Å². The normalized spacial score (nSPS) is 17.5. The van der Waals surface area contributed by atoms with E-state index in [4.69, 9.17) is 0 Å². The molecule has 0 heterocycles. The Labute approximate surface area is 176 Å². The third-order valence-electron chi connectivity index (χ3n) is 4.28. The summed E-state index contributed by atoms with van der Waals surface area (Å²) in [5, 5.41) is 2.45. The largest absolute Gasteiger partial charge is 1.00 e. The molecule has 136 valence electrons. The van der Waals surface area contributed by atoms with Gasteiger partial charge < -0.3 is 9.87 Å². The van der Waals surface area contributed by atoms with E-state index in [0.717, 1.165) is 36.0 Å². The monoisotopic (exact) mass is 387 g/mol. The Morgan fingerprint density at radius 2 is 1.85 bits per heavy atom. The quantitative estimate of drug-likeness (QED) is 0.382. The van der Waals surface area contributed by atoms with Gasteiger partial charge >= 0.3 is 29.6 Å². The van der Waals surface area contributed by atoms with Crippen LogP contribution in [0.15, 0.2) is 29.8 Å². The molecule has 0 unspecified atom stereocenters. The number of rotatable bonds is 6. The van der Waals surface area contributed by atoms with Crippen LogP contribution in [0.25, 0.3) is 6.08 Å². The van der Waals surface area contributed by atoms with E-state index in [-0.39, 0.29) is 47.8 Å². The smallest absolute Gasteiger partial charge is 0.748 e. The number of amides is 1. The summed E-state index contributed by atoms with van der Waals surface area (Å²) in [4.78, 5) is 23.9. The summed E-state index contributed by atoms with van der Waals surface area (Å²) in [6, 6.07) is 7.34. The number of carbonyl (C=O) groups excluding carboxylic acids is 2. The Bertz CT molecular complexity index is 771. The first-order chi connectivity index (χ1) is 11.8. The Balaban J connectivity index is 0.00000338. The molecule has 0 aliphatic heterocycles. The van der Waals surface area contributed by atoms with Gasteiger partial charge in [-0.2, -0.15) is 0 Å². The average molecular weight is 387 g/mol. The van der Waals surface area contributed by atoms with Crippen molar-refractivity contribution in [2.45, 2.75) is 38.5 Å². The van der Waals surface area contributed by atoms with Crippen LogP contribution in [0.3, 0.4) is 0 Å². The van der Waals surface area contributed by atoms with Crippen molar-refractivity contribution in [2.24, 2.45) is 0 Å². The summed E-state index contributed by atoms with van der Waals surface area (Å²) in [7, 11) is -4.33. The van der Waals surface area contributed by atoms with Crippen LogP contribution in [0.4, 0.5) is 0 Å². The molecule has 2 rings (SSSR count). The van der Waals surface area contributed by atoms with Gasteiger partial charge in [-0.3, -0.25) is 9.59 Å². The van der Waals surface area contributed by atoms with Crippen LogP contribution in [0.2, 0.25) is 0 Å². The minimum Gasteiger partial charge on any atom is -0.748 e. The first-order valence-corrected chi connectivity index (χ1v) is 9.89. The summed E-state index contributed by atoms with van der Waals surface area (Å²) in [6.07, 6.45) is 5.30. The van der Waals surface area contributed by atoms with Crippen LogP contribution in [0.1, 0.15) is 49.7 Å². The second-order valence-corrected chi connectivity index (χ2v) is 7.76. The number of Topliss-reactive ketones (excluding diaryl/α,β-unsaturated/α-hetero) is 1. The van der Waals surface area contributed by atoms with Crippen molar-refractivity contribution in [1.82, 2.24) is 5.32 Å². The first-order valence-electron chi connectivity index (χ1n) is 8.31. The minimum absolute atomic E-state index is 0. The van der Waals surface area contributed by atoms with Gasteiger partial charge in [0.05, 0.1) is 21.8 Å². The zero-order chi connectivity index (χ0) is 18.4. The maximum Gasteiger partial charge on any atom is 1.00 e. The fourth-order valence-corrected chi connectivity index (χ4v) is 3.09. The average Bonchev–Trinajstić information content (AvgIpc) is 2.56. The molecule has 1 atom stereocenters. The Kier molecular flexibility index (Phi) is 9.19. The fraction of sp³-hybridized carbons (Fsp3) is 0.444. The van der Waals surface area contributed by atoms with E-state index in [1.54, 1.807) is 6.92 Å². The number of nitrogens with one attached hydrogen (secondary N) is 1. The Hall–Kier alpha value is -0.990.